The molecule has 1 N–H and O–H groups in total. The molecule has 0 aliphatic carbocycles. The Kier molecular flexibility index (Phi) is 5.99. The van der Waals surface area contributed by atoms with Crippen molar-refractivity contribution < 1.29 is 4.79 Å². The zero-order valence-corrected chi connectivity index (χ0v) is 17.4. The van der Waals surface area contributed by atoms with Crippen LogP contribution in [0.25, 0.3) is 22.2 Å². The van der Waals surface area contributed by atoms with Crippen LogP contribution in [-0.4, -0.2) is 17.1 Å². The summed E-state index contributed by atoms with van der Waals surface area (Å²) >= 11 is 0. The monoisotopic (exact) mass is 405 g/mol. The van der Waals surface area contributed by atoms with E-state index in [1.165, 1.54) is 5.56 Å². The molecule has 4 nitrogen and oxygen atoms in total. The molecule has 0 spiro atoms. The Balaban J connectivity index is 1.64. The van der Waals surface area contributed by atoms with Gasteiger partial charge in [-0.25, -0.2) is 10.4 Å². The Labute approximate surface area is 182 Å². The topological polar surface area (TPSA) is 54.4 Å². The molecule has 1 amide bonds. The van der Waals surface area contributed by atoms with Crippen molar-refractivity contribution in [3.63, 3.8) is 0 Å². The number of carbonyl (C=O) groups excluding carboxylic acids is 1. The molecule has 0 fully saturated rings. The maximum atomic E-state index is 13.0. The lowest BCUT2D eigenvalue weighted by Gasteiger charge is -2.09. The number of carbonyl (C=O) groups is 1. The molecule has 4 heteroatoms. The van der Waals surface area contributed by atoms with E-state index in [0.29, 0.717) is 5.56 Å². The summed E-state index contributed by atoms with van der Waals surface area (Å²) in [6.07, 6.45) is 4.36. The highest BCUT2D eigenvalue weighted by Gasteiger charge is 2.13. The molecule has 0 saturated carbocycles. The lowest BCUT2D eigenvalue weighted by atomic mass is 10.0. The van der Waals surface area contributed by atoms with Gasteiger partial charge < -0.3 is 0 Å². The summed E-state index contributed by atoms with van der Waals surface area (Å²) in [5.74, 6) is -0.271. The third-order valence-electron chi connectivity index (χ3n) is 5.25. The molecule has 0 bridgehead atoms. The van der Waals surface area contributed by atoms with E-state index in [1.807, 2.05) is 85.8 Å². The van der Waals surface area contributed by atoms with Gasteiger partial charge in [0, 0.05) is 10.9 Å². The molecule has 0 unspecified atom stereocenters. The van der Waals surface area contributed by atoms with Gasteiger partial charge in [-0.2, -0.15) is 5.10 Å². The smallest absolute Gasteiger partial charge is 0.267 e. The van der Waals surface area contributed by atoms with Gasteiger partial charge in [-0.05, 0) is 42.2 Å². The molecule has 0 aliphatic rings. The summed E-state index contributed by atoms with van der Waals surface area (Å²) < 4.78 is 0. The average Bonchev–Trinajstić information content (AvgIpc) is 2.81. The van der Waals surface area contributed by atoms with Crippen molar-refractivity contribution in [3.05, 3.63) is 114 Å². The Morgan fingerprint density at radius 2 is 1.81 bits per heavy atom. The highest BCUT2D eigenvalue weighted by molar-refractivity contribution is 6.07. The van der Waals surface area contributed by atoms with Crippen LogP contribution < -0.4 is 5.43 Å². The number of para-hydroxylation sites is 1. The number of allylic oxidation sites excluding steroid dienone is 1. The number of hydrogen-bond donors (Lipinski definition) is 1. The molecule has 3 aromatic carbocycles. The Hall–Kier alpha value is -4.05. The molecule has 152 valence electrons. The standard InChI is InChI=1S/C27H23N3O/c1-3-10-20-13-9-14-22(19(20)2)18-28-30-27(31)24-17-26(21-11-5-4-6-12-21)29-25-16-8-7-15-23(24)25/h3-9,11-18H,1,10H2,2H3,(H,30,31)/b28-18+. The van der Waals surface area contributed by atoms with Gasteiger partial charge in [-0.1, -0.05) is 72.8 Å². The van der Waals surface area contributed by atoms with Crippen LogP contribution in [0, 0.1) is 6.92 Å². The normalized spacial score (nSPS) is 11.0. The van der Waals surface area contributed by atoms with Gasteiger partial charge in [0.15, 0.2) is 0 Å². The largest absolute Gasteiger partial charge is 0.272 e. The number of amides is 1. The van der Waals surface area contributed by atoms with Crippen LogP contribution in [-0.2, 0) is 6.42 Å². The zero-order valence-electron chi connectivity index (χ0n) is 17.4. The molecule has 1 heterocycles. The minimum absolute atomic E-state index is 0.271. The first-order valence-electron chi connectivity index (χ1n) is 10.2. The van der Waals surface area contributed by atoms with Gasteiger partial charge in [0.2, 0.25) is 0 Å². The van der Waals surface area contributed by atoms with E-state index in [2.05, 4.69) is 23.2 Å². The predicted molar refractivity (Wildman–Crippen MR) is 127 cm³/mol. The van der Waals surface area contributed by atoms with E-state index < -0.39 is 0 Å². The van der Waals surface area contributed by atoms with E-state index in [0.717, 1.165) is 39.7 Å². The highest BCUT2D eigenvalue weighted by atomic mass is 16.2. The first kappa shape index (κ1) is 20.2. The van der Waals surface area contributed by atoms with Gasteiger partial charge in [0.1, 0.15) is 0 Å². The maximum absolute atomic E-state index is 13.0. The third kappa shape index (κ3) is 4.43. The van der Waals surface area contributed by atoms with Crippen LogP contribution in [0.15, 0.2) is 96.6 Å². The quantitative estimate of drug-likeness (QED) is 0.254. The zero-order chi connectivity index (χ0) is 21.6. The molecule has 4 aromatic rings. The number of nitrogens with zero attached hydrogens (tertiary/aromatic N) is 2. The fourth-order valence-electron chi connectivity index (χ4n) is 3.56. The lowest BCUT2D eigenvalue weighted by Crippen LogP contribution is -2.18. The molecule has 0 radical (unpaired) electrons. The number of aromatic nitrogens is 1. The molecule has 0 saturated heterocycles. The number of hydrazone groups is 1. The van der Waals surface area contributed by atoms with Crippen molar-refractivity contribution in [1.29, 1.82) is 0 Å². The summed E-state index contributed by atoms with van der Waals surface area (Å²) in [6, 6.07) is 25.3. The van der Waals surface area contributed by atoms with Gasteiger partial charge in [0.25, 0.3) is 5.91 Å². The molecule has 0 aliphatic heterocycles. The van der Waals surface area contributed by atoms with Crippen LogP contribution in [0.4, 0.5) is 0 Å². The van der Waals surface area contributed by atoms with E-state index in [1.54, 1.807) is 6.21 Å². The second-order valence-electron chi connectivity index (χ2n) is 7.26. The molecule has 4 rings (SSSR count). The van der Waals surface area contributed by atoms with Gasteiger partial charge in [-0.15, -0.1) is 6.58 Å². The lowest BCUT2D eigenvalue weighted by molar-refractivity contribution is 0.0956. The van der Waals surface area contributed by atoms with Crippen molar-refractivity contribution in [2.24, 2.45) is 5.10 Å². The first-order valence-corrected chi connectivity index (χ1v) is 10.2. The van der Waals surface area contributed by atoms with Crippen LogP contribution in [0.1, 0.15) is 27.0 Å². The maximum Gasteiger partial charge on any atom is 0.272 e. The van der Waals surface area contributed by atoms with Crippen LogP contribution >= 0.6 is 0 Å². The van der Waals surface area contributed by atoms with Crippen molar-refractivity contribution >= 4 is 23.0 Å². The van der Waals surface area contributed by atoms with Gasteiger partial charge >= 0.3 is 0 Å². The second-order valence-corrected chi connectivity index (χ2v) is 7.26. The Morgan fingerprint density at radius 3 is 2.61 bits per heavy atom. The van der Waals surface area contributed by atoms with E-state index in [-0.39, 0.29) is 5.91 Å². The van der Waals surface area contributed by atoms with Crippen LogP contribution in [0.2, 0.25) is 0 Å². The summed E-state index contributed by atoms with van der Waals surface area (Å²) in [5.41, 5.74) is 8.98. The Bertz CT molecular complexity index is 1280. The number of benzene rings is 3. The van der Waals surface area contributed by atoms with Crippen molar-refractivity contribution in [2.45, 2.75) is 13.3 Å². The fourth-order valence-corrected chi connectivity index (χ4v) is 3.56. The van der Waals surface area contributed by atoms with Crippen molar-refractivity contribution in [1.82, 2.24) is 10.4 Å². The van der Waals surface area contributed by atoms with Crippen molar-refractivity contribution in [2.75, 3.05) is 0 Å². The van der Waals surface area contributed by atoms with E-state index in [4.69, 9.17) is 4.98 Å². The van der Waals surface area contributed by atoms with Gasteiger partial charge in [-0.3, -0.25) is 4.79 Å². The fraction of sp³-hybridized carbons (Fsp3) is 0.0741. The first-order chi connectivity index (χ1) is 15.2. The molecular weight excluding hydrogens is 382 g/mol. The minimum atomic E-state index is -0.271. The van der Waals surface area contributed by atoms with Crippen molar-refractivity contribution in [3.8, 4) is 11.3 Å². The number of rotatable bonds is 6. The second kappa shape index (κ2) is 9.18. The molecule has 31 heavy (non-hydrogen) atoms. The summed E-state index contributed by atoms with van der Waals surface area (Å²) in [6.45, 7) is 5.85. The predicted octanol–water partition coefficient (Wildman–Crippen LogP) is 5.70. The van der Waals surface area contributed by atoms with E-state index >= 15 is 0 Å². The summed E-state index contributed by atoms with van der Waals surface area (Å²) in [5, 5.41) is 5.01. The minimum Gasteiger partial charge on any atom is -0.267 e. The highest BCUT2D eigenvalue weighted by Crippen LogP contribution is 2.24. The Morgan fingerprint density at radius 1 is 1.03 bits per heavy atom. The number of fused-ring (bicyclic) bond motifs is 1. The number of pyridine rings is 1. The number of hydrogen-bond acceptors (Lipinski definition) is 3. The summed E-state index contributed by atoms with van der Waals surface area (Å²) in [7, 11) is 0. The van der Waals surface area contributed by atoms with Crippen LogP contribution in [0.3, 0.4) is 0 Å². The summed E-state index contributed by atoms with van der Waals surface area (Å²) in [4.78, 5) is 17.7. The molecule has 1 aromatic heterocycles. The number of nitrogens with one attached hydrogen (secondary N) is 1. The molecular formula is C27H23N3O. The average molecular weight is 406 g/mol. The van der Waals surface area contributed by atoms with Crippen LogP contribution in [0.5, 0.6) is 0 Å². The van der Waals surface area contributed by atoms with E-state index in [9.17, 15) is 4.79 Å². The SMILES string of the molecule is C=CCc1cccc(/C=N/NC(=O)c2cc(-c3ccccc3)nc3ccccc23)c1C. The molecule has 0 atom stereocenters. The van der Waals surface area contributed by atoms with Gasteiger partial charge in [0.05, 0.1) is 23.0 Å². The third-order valence-corrected chi connectivity index (χ3v) is 5.25.